The molecule has 174 valence electrons. The second-order valence-electron chi connectivity index (χ2n) is 8.48. The molecule has 0 atom stereocenters. The maximum atomic E-state index is 12.0. The number of carbonyl (C=O) groups is 1. The van der Waals surface area contributed by atoms with E-state index < -0.39 is 0 Å². The van der Waals surface area contributed by atoms with Gasteiger partial charge >= 0.3 is 6.09 Å². The number of fused-ring (bicyclic) bond motifs is 1. The van der Waals surface area contributed by atoms with Gasteiger partial charge in [-0.25, -0.2) is 9.78 Å². The van der Waals surface area contributed by atoms with Gasteiger partial charge < -0.3 is 24.6 Å². The van der Waals surface area contributed by atoms with E-state index in [1.54, 1.807) is 22.7 Å². The third kappa shape index (κ3) is 5.53. The molecule has 0 radical (unpaired) electrons. The van der Waals surface area contributed by atoms with Crippen molar-refractivity contribution < 1.29 is 14.6 Å². The summed E-state index contributed by atoms with van der Waals surface area (Å²) < 4.78 is 5.13. The second-order valence-corrected chi connectivity index (χ2v) is 10.2. The molecular weight excluding hydrogens is 448 g/mol. The number of thioether (sulfide) groups is 1. The number of imidazole rings is 1. The number of H-pyrrole nitrogens is 1. The van der Waals surface area contributed by atoms with Crippen LogP contribution in [0, 0.1) is 5.92 Å². The summed E-state index contributed by atoms with van der Waals surface area (Å²) in [5, 5.41) is 11.2. The number of aromatic nitrogens is 2. The Morgan fingerprint density at radius 1 is 1.28 bits per heavy atom. The highest BCUT2D eigenvalue weighted by Crippen LogP contribution is 2.36. The van der Waals surface area contributed by atoms with Crippen LogP contribution in [0.5, 0.6) is 0 Å². The monoisotopic (exact) mass is 478 g/mol. The Labute approximate surface area is 198 Å². The average Bonchev–Trinajstić information content (AvgIpc) is 3.19. The number of piperidine rings is 2. The molecule has 2 saturated heterocycles. The fraction of sp³-hybridized carbons (Fsp3) is 0.565. The minimum absolute atomic E-state index is 0.248. The molecule has 0 spiro atoms. The first-order valence-corrected chi connectivity index (χ1v) is 12.6. The molecule has 2 N–H and O–H groups in total. The van der Waals surface area contributed by atoms with E-state index in [2.05, 4.69) is 22.5 Å². The Hall–Kier alpha value is -1.90. The molecule has 0 saturated carbocycles. The number of hydrogen-bond donors (Lipinski definition) is 2. The molecule has 2 aromatic rings. The first kappa shape index (κ1) is 23.3. The van der Waals surface area contributed by atoms with Gasteiger partial charge in [0.15, 0.2) is 5.16 Å². The molecule has 0 unspecified atom stereocenters. The second kappa shape index (κ2) is 10.8. The predicted molar refractivity (Wildman–Crippen MR) is 130 cm³/mol. The molecule has 7 nitrogen and oxygen atoms in total. The molecule has 1 aromatic carbocycles. The SMILES string of the molecule is C=CCOC(=O)N1CCC(Sc2nc3cc(N4CCC(CCO)CC4)c(Cl)cc3[nH]2)CC1. The van der Waals surface area contributed by atoms with Gasteiger partial charge in [-0.05, 0) is 50.2 Å². The Morgan fingerprint density at radius 3 is 2.72 bits per heavy atom. The molecule has 2 aliphatic heterocycles. The van der Waals surface area contributed by atoms with Gasteiger partial charge in [-0.15, -0.1) is 0 Å². The number of nitrogens with zero attached hydrogens (tertiary/aromatic N) is 3. The fourth-order valence-corrected chi connectivity index (χ4v) is 5.84. The van der Waals surface area contributed by atoms with Crippen molar-refractivity contribution in [1.29, 1.82) is 0 Å². The third-order valence-corrected chi connectivity index (χ3v) is 7.85. The van der Waals surface area contributed by atoms with Crippen molar-refractivity contribution in [2.24, 2.45) is 5.92 Å². The molecule has 1 aromatic heterocycles. The summed E-state index contributed by atoms with van der Waals surface area (Å²) in [6, 6.07) is 4.06. The average molecular weight is 479 g/mol. The number of aliphatic hydroxyl groups excluding tert-OH is 1. The highest BCUT2D eigenvalue weighted by atomic mass is 35.5. The van der Waals surface area contributed by atoms with Gasteiger partial charge in [0.1, 0.15) is 6.61 Å². The van der Waals surface area contributed by atoms with Gasteiger partial charge in [0.2, 0.25) is 0 Å². The fourth-order valence-electron chi connectivity index (χ4n) is 4.47. The number of likely N-dealkylation sites (tertiary alicyclic amines) is 1. The van der Waals surface area contributed by atoms with Crippen LogP contribution in [0.4, 0.5) is 10.5 Å². The summed E-state index contributed by atoms with van der Waals surface area (Å²) in [6.07, 6.45) is 6.17. The van der Waals surface area contributed by atoms with Crippen LogP contribution in [0.2, 0.25) is 5.02 Å². The summed E-state index contributed by atoms with van der Waals surface area (Å²) in [4.78, 5) is 24.3. The standard InChI is InChI=1S/C23H31ClN4O3S/c1-2-13-31-23(30)28-10-5-17(6-11-28)32-22-25-19-14-18(24)21(15-20(19)26-22)27-8-3-16(4-9-27)7-12-29/h2,14-17,29H,1,3-13H2,(H,25,26). The first-order chi connectivity index (χ1) is 15.6. The van der Waals surface area contributed by atoms with Crippen molar-refractivity contribution in [3.8, 4) is 0 Å². The van der Waals surface area contributed by atoms with Crippen molar-refractivity contribution in [3.05, 3.63) is 29.8 Å². The lowest BCUT2D eigenvalue weighted by molar-refractivity contribution is 0.105. The minimum atomic E-state index is -0.264. The molecule has 4 rings (SSSR count). The van der Waals surface area contributed by atoms with Gasteiger partial charge in [-0.1, -0.05) is 36.0 Å². The zero-order valence-corrected chi connectivity index (χ0v) is 19.8. The van der Waals surface area contributed by atoms with Crippen molar-refractivity contribution in [2.75, 3.05) is 44.3 Å². The van der Waals surface area contributed by atoms with Gasteiger partial charge in [-0.2, -0.15) is 0 Å². The molecule has 3 heterocycles. The van der Waals surface area contributed by atoms with Crippen molar-refractivity contribution >= 4 is 46.2 Å². The molecule has 0 aliphatic carbocycles. The van der Waals surface area contributed by atoms with Crippen molar-refractivity contribution in [3.63, 3.8) is 0 Å². The number of aliphatic hydroxyl groups is 1. The molecule has 32 heavy (non-hydrogen) atoms. The van der Waals surface area contributed by atoms with E-state index in [9.17, 15) is 9.90 Å². The van der Waals surface area contributed by atoms with Crippen LogP contribution < -0.4 is 4.90 Å². The zero-order valence-electron chi connectivity index (χ0n) is 18.3. The number of rotatable bonds is 7. The van der Waals surface area contributed by atoms with Gasteiger partial charge in [0.25, 0.3) is 0 Å². The van der Waals surface area contributed by atoms with E-state index in [4.69, 9.17) is 21.3 Å². The molecule has 9 heteroatoms. The summed E-state index contributed by atoms with van der Waals surface area (Å²) in [6.45, 7) is 7.38. The maximum Gasteiger partial charge on any atom is 0.410 e. The number of hydrogen-bond acceptors (Lipinski definition) is 6. The molecule has 2 aliphatic rings. The number of aromatic amines is 1. The Kier molecular flexibility index (Phi) is 7.86. The van der Waals surface area contributed by atoms with Crippen LogP contribution in [0.25, 0.3) is 11.0 Å². The number of halogens is 1. The Balaban J connectivity index is 1.36. The molecular formula is C23H31ClN4O3S. The molecule has 2 fully saturated rings. The maximum absolute atomic E-state index is 12.0. The number of benzene rings is 1. The van der Waals surface area contributed by atoms with E-state index in [-0.39, 0.29) is 19.3 Å². The smallest absolute Gasteiger partial charge is 0.410 e. The van der Waals surface area contributed by atoms with Crippen molar-refractivity contribution in [1.82, 2.24) is 14.9 Å². The molecule has 1 amide bonds. The number of carbonyl (C=O) groups excluding carboxylic acids is 1. The van der Waals surface area contributed by atoms with E-state index in [0.717, 1.165) is 72.1 Å². The van der Waals surface area contributed by atoms with Crippen LogP contribution in [0.3, 0.4) is 0 Å². The van der Waals surface area contributed by atoms with Crippen LogP contribution in [0.1, 0.15) is 32.1 Å². The van der Waals surface area contributed by atoms with E-state index in [1.165, 1.54) is 0 Å². The number of anilines is 1. The third-order valence-electron chi connectivity index (χ3n) is 6.32. The zero-order chi connectivity index (χ0) is 22.5. The van der Waals surface area contributed by atoms with Gasteiger partial charge in [0.05, 0.1) is 21.7 Å². The first-order valence-electron chi connectivity index (χ1n) is 11.3. The lowest BCUT2D eigenvalue weighted by Crippen LogP contribution is -2.39. The van der Waals surface area contributed by atoms with Crippen LogP contribution >= 0.6 is 23.4 Å². The van der Waals surface area contributed by atoms with E-state index >= 15 is 0 Å². The van der Waals surface area contributed by atoms with Crippen LogP contribution in [0.15, 0.2) is 29.9 Å². The van der Waals surface area contributed by atoms with Crippen LogP contribution in [-0.4, -0.2) is 70.7 Å². The largest absolute Gasteiger partial charge is 0.445 e. The van der Waals surface area contributed by atoms with Crippen molar-refractivity contribution in [2.45, 2.75) is 42.5 Å². The summed E-state index contributed by atoms with van der Waals surface area (Å²) in [7, 11) is 0. The lowest BCUT2D eigenvalue weighted by atomic mass is 9.93. The lowest BCUT2D eigenvalue weighted by Gasteiger charge is -2.34. The minimum Gasteiger partial charge on any atom is -0.445 e. The summed E-state index contributed by atoms with van der Waals surface area (Å²) >= 11 is 8.36. The van der Waals surface area contributed by atoms with E-state index in [0.29, 0.717) is 24.3 Å². The summed E-state index contributed by atoms with van der Waals surface area (Å²) in [5.74, 6) is 0.599. The number of amides is 1. The highest BCUT2D eigenvalue weighted by Gasteiger charge is 2.26. The Morgan fingerprint density at radius 2 is 2.03 bits per heavy atom. The van der Waals surface area contributed by atoms with Crippen LogP contribution in [-0.2, 0) is 4.74 Å². The molecule has 0 bridgehead atoms. The highest BCUT2D eigenvalue weighted by molar-refractivity contribution is 7.99. The topological polar surface area (TPSA) is 81.7 Å². The normalized spacial score (nSPS) is 18.3. The quantitative estimate of drug-likeness (QED) is 0.561. The van der Waals surface area contributed by atoms with Gasteiger partial charge in [0, 0.05) is 38.0 Å². The Bertz CT molecular complexity index is 937. The number of nitrogens with one attached hydrogen (secondary N) is 1. The summed E-state index contributed by atoms with van der Waals surface area (Å²) in [5.41, 5.74) is 2.91. The van der Waals surface area contributed by atoms with Gasteiger partial charge in [-0.3, -0.25) is 0 Å². The predicted octanol–water partition coefficient (Wildman–Crippen LogP) is 4.69. The number of ether oxygens (including phenoxy) is 1. The van der Waals surface area contributed by atoms with E-state index in [1.807, 2.05) is 6.07 Å².